The van der Waals surface area contributed by atoms with Crippen LogP contribution in [0, 0.1) is 0 Å². The largest absolute Gasteiger partial charge is 0.454 e. The quantitative estimate of drug-likeness (QED) is 0.748. The predicted molar refractivity (Wildman–Crippen MR) is 78.9 cm³/mol. The summed E-state index contributed by atoms with van der Waals surface area (Å²) >= 11 is 0. The van der Waals surface area contributed by atoms with Crippen molar-refractivity contribution in [2.75, 3.05) is 6.79 Å². The maximum atomic E-state index is 12.4. The van der Waals surface area contributed by atoms with Crippen LogP contribution < -0.4 is 9.47 Å². The Balaban J connectivity index is 1.63. The number of benzene rings is 2. The lowest BCUT2D eigenvalue weighted by Crippen LogP contribution is -2.03. The molecule has 4 rings (SSSR count). The van der Waals surface area contributed by atoms with Crippen molar-refractivity contribution < 1.29 is 14.3 Å². The minimum Gasteiger partial charge on any atom is -0.454 e. The van der Waals surface area contributed by atoms with Gasteiger partial charge in [-0.1, -0.05) is 18.2 Å². The SMILES string of the molecule is O=C(Cc1c[nH]c2ccccc12)c1ccc2c(c1)OCO2. The van der Waals surface area contributed by atoms with E-state index in [0.29, 0.717) is 23.5 Å². The summed E-state index contributed by atoms with van der Waals surface area (Å²) in [6.07, 6.45) is 2.26. The Morgan fingerprint density at radius 2 is 1.95 bits per heavy atom. The molecular formula is C17H13NO3. The van der Waals surface area contributed by atoms with Crippen molar-refractivity contribution in [3.63, 3.8) is 0 Å². The van der Waals surface area contributed by atoms with Crippen molar-refractivity contribution >= 4 is 16.7 Å². The lowest BCUT2D eigenvalue weighted by Gasteiger charge is -2.02. The van der Waals surface area contributed by atoms with Gasteiger partial charge in [0.05, 0.1) is 0 Å². The van der Waals surface area contributed by atoms with E-state index >= 15 is 0 Å². The summed E-state index contributed by atoms with van der Waals surface area (Å²) in [4.78, 5) is 15.6. The molecule has 21 heavy (non-hydrogen) atoms. The second kappa shape index (κ2) is 4.66. The Morgan fingerprint density at radius 1 is 1.10 bits per heavy atom. The fourth-order valence-electron chi connectivity index (χ4n) is 2.62. The molecule has 104 valence electrons. The van der Waals surface area contributed by atoms with Gasteiger partial charge in [-0.15, -0.1) is 0 Å². The number of H-pyrrole nitrogens is 1. The first-order valence-corrected chi connectivity index (χ1v) is 6.79. The Kier molecular flexibility index (Phi) is 2.67. The molecule has 4 heteroatoms. The third-order valence-electron chi connectivity index (χ3n) is 3.72. The van der Waals surface area contributed by atoms with Crippen LogP contribution in [0.5, 0.6) is 11.5 Å². The Morgan fingerprint density at radius 3 is 2.90 bits per heavy atom. The van der Waals surface area contributed by atoms with Crippen LogP contribution in [0.1, 0.15) is 15.9 Å². The standard InChI is InChI=1S/C17H13NO3/c19-15(11-5-6-16-17(8-11)21-10-20-16)7-12-9-18-14-4-2-1-3-13(12)14/h1-6,8-9,18H,7,10H2. The molecule has 1 aromatic heterocycles. The van der Waals surface area contributed by atoms with E-state index in [-0.39, 0.29) is 12.6 Å². The lowest BCUT2D eigenvalue weighted by molar-refractivity contribution is 0.0993. The van der Waals surface area contributed by atoms with Crippen LogP contribution in [-0.2, 0) is 6.42 Å². The van der Waals surface area contributed by atoms with Crippen LogP contribution in [0.2, 0.25) is 0 Å². The zero-order chi connectivity index (χ0) is 14.2. The summed E-state index contributed by atoms with van der Waals surface area (Å²) in [6, 6.07) is 13.3. The minimum atomic E-state index is 0.0676. The van der Waals surface area contributed by atoms with Gasteiger partial charge in [0.1, 0.15) is 0 Å². The molecule has 0 spiro atoms. The number of para-hydroxylation sites is 1. The van der Waals surface area contributed by atoms with Crippen LogP contribution in [0.4, 0.5) is 0 Å². The highest BCUT2D eigenvalue weighted by atomic mass is 16.7. The van der Waals surface area contributed by atoms with E-state index in [4.69, 9.17) is 9.47 Å². The fraction of sp³-hybridized carbons (Fsp3) is 0.118. The van der Waals surface area contributed by atoms with Gasteiger partial charge < -0.3 is 14.5 Å². The molecule has 4 nitrogen and oxygen atoms in total. The van der Waals surface area contributed by atoms with Gasteiger partial charge in [0.15, 0.2) is 17.3 Å². The summed E-state index contributed by atoms with van der Waals surface area (Å²) in [5.74, 6) is 1.40. The van der Waals surface area contributed by atoms with Crippen LogP contribution >= 0.6 is 0 Å². The van der Waals surface area contributed by atoms with Gasteiger partial charge in [0.25, 0.3) is 0 Å². The molecule has 0 saturated heterocycles. The maximum absolute atomic E-state index is 12.4. The normalized spacial score (nSPS) is 12.8. The fourth-order valence-corrected chi connectivity index (χ4v) is 2.62. The molecule has 0 atom stereocenters. The van der Waals surface area contributed by atoms with Crippen molar-refractivity contribution in [3.05, 3.63) is 59.8 Å². The molecule has 1 aliphatic heterocycles. The smallest absolute Gasteiger partial charge is 0.231 e. The van der Waals surface area contributed by atoms with E-state index in [9.17, 15) is 4.79 Å². The molecular weight excluding hydrogens is 266 g/mol. The number of ketones is 1. The summed E-state index contributed by atoms with van der Waals surface area (Å²) in [5.41, 5.74) is 2.70. The first-order valence-electron chi connectivity index (χ1n) is 6.79. The third-order valence-corrected chi connectivity index (χ3v) is 3.72. The van der Waals surface area contributed by atoms with E-state index in [0.717, 1.165) is 16.5 Å². The average Bonchev–Trinajstić information content (AvgIpc) is 3.13. The number of carbonyl (C=O) groups is 1. The van der Waals surface area contributed by atoms with Crippen molar-refractivity contribution in [2.24, 2.45) is 0 Å². The molecule has 0 bridgehead atoms. The van der Waals surface area contributed by atoms with E-state index in [1.165, 1.54) is 0 Å². The van der Waals surface area contributed by atoms with E-state index in [1.54, 1.807) is 18.2 Å². The van der Waals surface area contributed by atoms with Crippen LogP contribution in [0.25, 0.3) is 10.9 Å². The molecule has 2 heterocycles. The molecule has 0 fully saturated rings. The summed E-state index contributed by atoms with van der Waals surface area (Å²) in [6.45, 7) is 0.218. The van der Waals surface area contributed by atoms with Crippen molar-refractivity contribution in [1.29, 1.82) is 0 Å². The van der Waals surface area contributed by atoms with Crippen molar-refractivity contribution in [1.82, 2.24) is 4.98 Å². The van der Waals surface area contributed by atoms with Crippen molar-refractivity contribution in [3.8, 4) is 11.5 Å². The van der Waals surface area contributed by atoms with Gasteiger partial charge in [0, 0.05) is 29.1 Å². The number of nitrogens with one attached hydrogen (secondary N) is 1. The highest BCUT2D eigenvalue weighted by Gasteiger charge is 2.17. The number of aromatic nitrogens is 1. The Bertz CT molecular complexity index is 835. The molecule has 2 aromatic carbocycles. The number of ether oxygens (including phenoxy) is 2. The first kappa shape index (κ1) is 12.0. The maximum Gasteiger partial charge on any atom is 0.231 e. The molecule has 0 aliphatic carbocycles. The average molecular weight is 279 g/mol. The lowest BCUT2D eigenvalue weighted by atomic mass is 10.0. The second-order valence-electron chi connectivity index (χ2n) is 5.03. The number of carbonyl (C=O) groups excluding carboxylic acids is 1. The number of hydrogen-bond donors (Lipinski definition) is 1. The summed E-state index contributed by atoms with van der Waals surface area (Å²) in [7, 11) is 0. The zero-order valence-electron chi connectivity index (χ0n) is 11.3. The minimum absolute atomic E-state index is 0.0676. The molecule has 0 radical (unpaired) electrons. The van der Waals surface area contributed by atoms with Crippen LogP contribution in [0.3, 0.4) is 0 Å². The van der Waals surface area contributed by atoms with Gasteiger partial charge in [-0.2, -0.15) is 0 Å². The Labute approximate surface area is 121 Å². The van der Waals surface area contributed by atoms with Gasteiger partial charge in [-0.05, 0) is 29.8 Å². The highest BCUT2D eigenvalue weighted by molar-refractivity contribution is 6.00. The number of hydrogen-bond acceptors (Lipinski definition) is 3. The van der Waals surface area contributed by atoms with E-state index < -0.39 is 0 Å². The summed E-state index contributed by atoms with van der Waals surface area (Å²) < 4.78 is 10.6. The first-order chi connectivity index (χ1) is 10.3. The molecule has 0 amide bonds. The molecule has 3 aromatic rings. The second-order valence-corrected chi connectivity index (χ2v) is 5.03. The van der Waals surface area contributed by atoms with E-state index in [2.05, 4.69) is 4.98 Å². The van der Waals surface area contributed by atoms with Crippen LogP contribution in [0.15, 0.2) is 48.7 Å². The van der Waals surface area contributed by atoms with Gasteiger partial charge in [0.2, 0.25) is 6.79 Å². The van der Waals surface area contributed by atoms with Crippen LogP contribution in [-0.4, -0.2) is 17.6 Å². The number of Topliss-reactive ketones (excluding diaryl/α,β-unsaturated/α-hetero) is 1. The van der Waals surface area contributed by atoms with Gasteiger partial charge >= 0.3 is 0 Å². The van der Waals surface area contributed by atoms with Crippen molar-refractivity contribution in [2.45, 2.75) is 6.42 Å². The summed E-state index contributed by atoms with van der Waals surface area (Å²) in [5, 5.41) is 1.09. The zero-order valence-corrected chi connectivity index (χ0v) is 11.3. The Hall–Kier alpha value is -2.75. The van der Waals surface area contributed by atoms with E-state index in [1.807, 2.05) is 30.5 Å². The third kappa shape index (κ3) is 2.05. The highest BCUT2D eigenvalue weighted by Crippen LogP contribution is 2.33. The number of fused-ring (bicyclic) bond motifs is 2. The molecule has 0 saturated carbocycles. The number of aromatic amines is 1. The topological polar surface area (TPSA) is 51.3 Å². The predicted octanol–water partition coefficient (Wildman–Crippen LogP) is 3.32. The number of rotatable bonds is 3. The van der Waals surface area contributed by atoms with Gasteiger partial charge in [-0.25, -0.2) is 0 Å². The van der Waals surface area contributed by atoms with Gasteiger partial charge in [-0.3, -0.25) is 4.79 Å². The molecule has 1 aliphatic rings. The monoisotopic (exact) mass is 279 g/mol. The molecule has 1 N–H and O–H groups in total. The molecule has 0 unspecified atom stereocenters.